The molecule has 2 aromatic heterocycles. The van der Waals surface area contributed by atoms with Gasteiger partial charge in [-0.25, -0.2) is 19.4 Å². The van der Waals surface area contributed by atoms with E-state index < -0.39 is 0 Å². The number of hydrogen-bond acceptors (Lipinski definition) is 6. The molecule has 1 fully saturated rings. The highest BCUT2D eigenvalue weighted by Gasteiger charge is 2.26. The second-order valence-corrected chi connectivity index (χ2v) is 9.32. The molecule has 1 aromatic carbocycles. The second kappa shape index (κ2) is 10.5. The Morgan fingerprint density at radius 2 is 2.14 bits per heavy atom. The van der Waals surface area contributed by atoms with Crippen LogP contribution in [-0.2, 0) is 0 Å². The van der Waals surface area contributed by atoms with E-state index >= 15 is 0 Å². The van der Waals surface area contributed by atoms with Gasteiger partial charge in [0.25, 0.3) is 0 Å². The zero-order valence-corrected chi connectivity index (χ0v) is 20.9. The maximum absolute atomic E-state index is 13.9. The van der Waals surface area contributed by atoms with Gasteiger partial charge in [0.2, 0.25) is 0 Å². The molecule has 3 heterocycles. The summed E-state index contributed by atoms with van der Waals surface area (Å²) in [6, 6.07) is 4.67. The third-order valence-corrected chi connectivity index (χ3v) is 6.91. The van der Waals surface area contributed by atoms with Crippen molar-refractivity contribution in [1.29, 1.82) is 0 Å². The molecule has 0 amide bonds. The van der Waals surface area contributed by atoms with Gasteiger partial charge in [0.15, 0.2) is 5.82 Å². The number of fused-ring (bicyclic) bond motifs is 2. The van der Waals surface area contributed by atoms with Gasteiger partial charge in [-0.05, 0) is 68.1 Å². The number of nitrogens with zero attached hydrogens (tertiary/aromatic N) is 5. The van der Waals surface area contributed by atoms with Crippen molar-refractivity contribution in [3.63, 3.8) is 0 Å². The average Bonchev–Trinajstić information content (AvgIpc) is 3.16. The monoisotopic (exact) mass is 485 g/mol. The van der Waals surface area contributed by atoms with Gasteiger partial charge in [-0.1, -0.05) is 19.9 Å². The van der Waals surface area contributed by atoms with Crippen molar-refractivity contribution in [3.8, 4) is 0 Å². The van der Waals surface area contributed by atoms with Crippen molar-refractivity contribution < 1.29 is 4.39 Å². The molecule has 0 unspecified atom stereocenters. The normalized spacial score (nSPS) is 17.3. The van der Waals surface area contributed by atoms with Crippen LogP contribution in [0.25, 0.3) is 22.6 Å². The van der Waals surface area contributed by atoms with Crippen LogP contribution in [0.3, 0.4) is 0 Å². The Labute approximate surface area is 211 Å². The zero-order valence-electron chi connectivity index (χ0n) is 20.9. The summed E-state index contributed by atoms with van der Waals surface area (Å²) >= 11 is 0. The van der Waals surface area contributed by atoms with Crippen LogP contribution in [0.1, 0.15) is 55.5 Å². The molecule has 0 radical (unpaired) electrons. The zero-order chi connectivity index (χ0) is 25.1. The van der Waals surface area contributed by atoms with Gasteiger partial charge in [-0.15, -0.1) is 0 Å². The van der Waals surface area contributed by atoms with E-state index in [4.69, 9.17) is 9.97 Å². The standard InChI is InChI=1S/C28H32FN7/c1-4-30-12-7-13-36(3)28-26-22(18-8-6-9-18)16-31-17-24(26)33-25(35-28)15-21-20-11-10-19(29)14-23(20)34-27(21)32-5-2/h5,10-11,14-18,30H,2,4,6-9,12-13H2,1,3H3,(H,32,34)/b21-15+. The first-order valence-corrected chi connectivity index (χ1v) is 12.6. The first-order chi connectivity index (χ1) is 17.6. The molecule has 36 heavy (non-hydrogen) atoms. The average molecular weight is 486 g/mol. The molecule has 0 atom stereocenters. The number of nitrogens with one attached hydrogen (secondary N) is 2. The molecule has 1 aliphatic heterocycles. The molecule has 0 bridgehead atoms. The van der Waals surface area contributed by atoms with E-state index in [9.17, 15) is 4.39 Å². The highest BCUT2D eigenvalue weighted by atomic mass is 19.1. The van der Waals surface area contributed by atoms with Gasteiger partial charge in [-0.3, -0.25) is 4.98 Å². The minimum Gasteiger partial charge on any atom is -0.359 e. The fourth-order valence-electron chi connectivity index (χ4n) is 4.85. The lowest BCUT2D eigenvalue weighted by atomic mass is 9.79. The Morgan fingerprint density at radius 3 is 2.89 bits per heavy atom. The van der Waals surface area contributed by atoms with Crippen LogP contribution >= 0.6 is 0 Å². The summed E-state index contributed by atoms with van der Waals surface area (Å²) in [4.78, 5) is 21.1. The summed E-state index contributed by atoms with van der Waals surface area (Å²) in [5.41, 5.74) is 4.39. The van der Waals surface area contributed by atoms with Gasteiger partial charge in [-0.2, -0.15) is 0 Å². The number of amidine groups is 1. The molecule has 2 aliphatic rings. The van der Waals surface area contributed by atoms with E-state index in [1.807, 2.05) is 18.5 Å². The molecule has 5 rings (SSSR count). The minimum absolute atomic E-state index is 0.307. The Kier molecular flexibility index (Phi) is 7.04. The fraction of sp³-hybridized carbons (Fsp3) is 0.357. The van der Waals surface area contributed by atoms with E-state index in [2.05, 4.69) is 46.1 Å². The maximum Gasteiger partial charge on any atom is 0.155 e. The van der Waals surface area contributed by atoms with Crippen LogP contribution < -0.4 is 15.5 Å². The van der Waals surface area contributed by atoms with Gasteiger partial charge >= 0.3 is 0 Å². The van der Waals surface area contributed by atoms with Crippen LogP contribution in [0, 0.1) is 5.82 Å². The molecule has 186 valence electrons. The lowest BCUT2D eigenvalue weighted by Crippen LogP contribution is -2.25. The Bertz CT molecular complexity index is 1340. The molecular weight excluding hydrogens is 453 g/mol. The van der Waals surface area contributed by atoms with Crippen LogP contribution in [0.4, 0.5) is 15.9 Å². The number of hydrogen-bond donors (Lipinski definition) is 2. The number of aromatic nitrogens is 3. The smallest absolute Gasteiger partial charge is 0.155 e. The van der Waals surface area contributed by atoms with E-state index in [0.29, 0.717) is 23.3 Å². The molecule has 1 aliphatic carbocycles. The van der Waals surface area contributed by atoms with Crippen LogP contribution in [0.2, 0.25) is 0 Å². The summed E-state index contributed by atoms with van der Waals surface area (Å²) in [6.45, 7) is 8.63. The van der Waals surface area contributed by atoms with Crippen LogP contribution in [0.15, 0.2) is 48.4 Å². The number of pyridine rings is 1. The molecule has 1 saturated carbocycles. The summed E-state index contributed by atoms with van der Waals surface area (Å²) in [6.07, 6.45) is 11.8. The van der Waals surface area contributed by atoms with Crippen molar-refractivity contribution >= 4 is 39.9 Å². The molecule has 7 nitrogen and oxygen atoms in total. The predicted octanol–water partition coefficient (Wildman–Crippen LogP) is 5.38. The quantitative estimate of drug-likeness (QED) is 0.397. The first-order valence-electron chi connectivity index (χ1n) is 12.6. The lowest BCUT2D eigenvalue weighted by molar-refractivity contribution is 0.421. The van der Waals surface area contributed by atoms with E-state index in [0.717, 1.165) is 53.9 Å². The molecule has 2 N–H and O–H groups in total. The largest absolute Gasteiger partial charge is 0.359 e. The van der Waals surface area contributed by atoms with Gasteiger partial charge in [0, 0.05) is 42.5 Å². The highest BCUT2D eigenvalue weighted by molar-refractivity contribution is 6.37. The number of aliphatic imine (C=N–C) groups is 1. The third-order valence-electron chi connectivity index (χ3n) is 6.91. The van der Waals surface area contributed by atoms with Crippen molar-refractivity contribution in [1.82, 2.24) is 20.3 Å². The maximum atomic E-state index is 13.9. The summed E-state index contributed by atoms with van der Waals surface area (Å²) in [5.74, 6) is 2.28. The number of benzene rings is 1. The van der Waals surface area contributed by atoms with E-state index in [-0.39, 0.29) is 5.82 Å². The molecule has 0 spiro atoms. The van der Waals surface area contributed by atoms with E-state index in [1.54, 1.807) is 6.07 Å². The Balaban J connectivity index is 1.62. The first kappa shape index (κ1) is 24.1. The minimum atomic E-state index is -0.307. The van der Waals surface area contributed by atoms with Crippen molar-refractivity contribution in [2.45, 2.75) is 38.5 Å². The Hall–Kier alpha value is -3.65. The third kappa shape index (κ3) is 4.73. The molecule has 0 saturated heterocycles. The van der Waals surface area contributed by atoms with Crippen LogP contribution in [0.5, 0.6) is 0 Å². The van der Waals surface area contributed by atoms with Crippen molar-refractivity contribution in [3.05, 3.63) is 66.1 Å². The predicted molar refractivity (Wildman–Crippen MR) is 146 cm³/mol. The Morgan fingerprint density at radius 1 is 1.28 bits per heavy atom. The van der Waals surface area contributed by atoms with Gasteiger partial charge in [0.1, 0.15) is 17.5 Å². The lowest BCUT2D eigenvalue weighted by Gasteiger charge is -2.28. The molecule has 8 heteroatoms. The highest BCUT2D eigenvalue weighted by Crippen LogP contribution is 2.41. The van der Waals surface area contributed by atoms with Crippen molar-refractivity contribution in [2.24, 2.45) is 4.99 Å². The number of anilines is 2. The van der Waals surface area contributed by atoms with E-state index in [1.165, 1.54) is 43.2 Å². The number of rotatable bonds is 9. The molecule has 3 aromatic rings. The number of halogens is 1. The van der Waals surface area contributed by atoms with Gasteiger partial charge in [0.05, 0.1) is 17.4 Å². The second-order valence-electron chi connectivity index (χ2n) is 9.32. The summed E-state index contributed by atoms with van der Waals surface area (Å²) in [5, 5.41) is 7.67. The van der Waals surface area contributed by atoms with Gasteiger partial charge < -0.3 is 15.5 Å². The van der Waals surface area contributed by atoms with Crippen molar-refractivity contribution in [2.75, 3.05) is 36.9 Å². The fourth-order valence-corrected chi connectivity index (χ4v) is 4.85. The molecular formula is C28H32FN7. The topological polar surface area (TPSA) is 78.3 Å². The summed E-state index contributed by atoms with van der Waals surface area (Å²) < 4.78 is 13.9. The summed E-state index contributed by atoms with van der Waals surface area (Å²) in [7, 11) is 2.09. The SMILES string of the molecule is C=CN=C1Nc2cc(F)ccc2/C1=C\c1nc(N(C)CCCNCC)c2c(C3CCC3)cncc2n1. The van der Waals surface area contributed by atoms with Crippen LogP contribution in [-0.4, -0.2) is 47.5 Å².